The van der Waals surface area contributed by atoms with Crippen molar-refractivity contribution in [2.75, 3.05) is 12.9 Å². The highest BCUT2D eigenvalue weighted by Crippen LogP contribution is 2.15. The Bertz CT molecular complexity index is 777. The van der Waals surface area contributed by atoms with Gasteiger partial charge in [0.05, 0.1) is 18.1 Å². The summed E-state index contributed by atoms with van der Waals surface area (Å²) >= 11 is 1.39. The van der Waals surface area contributed by atoms with Crippen LogP contribution in [0.5, 0.6) is 0 Å². The lowest BCUT2D eigenvalue weighted by Gasteiger charge is -2.21. The smallest absolute Gasteiger partial charge is 0.328 e. The van der Waals surface area contributed by atoms with Gasteiger partial charge in [-0.25, -0.2) is 4.79 Å². The number of amides is 1. The van der Waals surface area contributed by atoms with Crippen molar-refractivity contribution in [1.29, 1.82) is 0 Å². The van der Waals surface area contributed by atoms with Crippen LogP contribution in [-0.2, 0) is 20.7 Å². The molecule has 0 aliphatic rings. The lowest BCUT2D eigenvalue weighted by Crippen LogP contribution is -2.49. The van der Waals surface area contributed by atoms with Crippen molar-refractivity contribution in [2.24, 2.45) is 0 Å². The highest BCUT2D eigenvalue weighted by atomic mass is 32.2. The molecule has 1 rings (SSSR count). The van der Waals surface area contributed by atoms with E-state index in [1.165, 1.54) is 31.2 Å². The van der Waals surface area contributed by atoms with Crippen molar-refractivity contribution in [3.8, 4) is 0 Å². The van der Waals surface area contributed by atoms with Crippen molar-refractivity contribution in [1.82, 2.24) is 10.0 Å². The number of esters is 1. The third-order valence-electron chi connectivity index (χ3n) is 4.21. The third-order valence-corrected chi connectivity index (χ3v) is 5.26. The van der Waals surface area contributed by atoms with E-state index in [-0.39, 0.29) is 11.6 Å². The second kappa shape index (κ2) is 13.6. The Hall–Kier alpha value is -2.65. The lowest BCUT2D eigenvalue weighted by atomic mass is 10.0. The first kappa shape index (κ1) is 25.4. The fourth-order valence-corrected chi connectivity index (χ4v) is 3.28. The van der Waals surface area contributed by atoms with Crippen LogP contribution in [0.3, 0.4) is 0 Å². The Labute approximate surface area is 181 Å². The Balaban J connectivity index is 2.89. The van der Waals surface area contributed by atoms with Crippen molar-refractivity contribution in [3.05, 3.63) is 63.7 Å². The van der Waals surface area contributed by atoms with E-state index in [1.807, 2.05) is 32.1 Å². The van der Waals surface area contributed by atoms with Crippen molar-refractivity contribution in [3.63, 3.8) is 0 Å². The highest BCUT2D eigenvalue weighted by molar-refractivity contribution is 7.97. The van der Waals surface area contributed by atoms with Gasteiger partial charge in [0.25, 0.3) is 5.69 Å². The largest absolute Gasteiger partial charge is 0.467 e. The van der Waals surface area contributed by atoms with Crippen LogP contribution in [0.25, 0.3) is 0 Å². The van der Waals surface area contributed by atoms with Crippen molar-refractivity contribution < 1.29 is 19.2 Å². The molecule has 1 aromatic rings. The normalized spacial score (nSPS) is 13.7. The van der Waals surface area contributed by atoms with Gasteiger partial charge in [-0.3, -0.25) is 19.6 Å². The van der Waals surface area contributed by atoms with Crippen LogP contribution in [0, 0.1) is 10.1 Å². The summed E-state index contributed by atoms with van der Waals surface area (Å²) in [5.41, 5.74) is 1.88. The standard InChI is InChI=1S/C21H29N3O5S/c1-5-7-8-15(3)14-30-23-19(20(25)22-18(6-2)21(26)29-4)13-16-9-11-17(12-10-16)24(27)28/h5,7-12,18-19,23H,6,13-14H2,1-4H3,(H,22,25)/b7-5-,15-8+. The van der Waals surface area contributed by atoms with Crippen LogP contribution in [0.1, 0.15) is 32.8 Å². The molecule has 0 aliphatic heterocycles. The van der Waals surface area contributed by atoms with E-state index in [4.69, 9.17) is 4.74 Å². The molecule has 2 unspecified atom stereocenters. The van der Waals surface area contributed by atoms with E-state index in [0.29, 0.717) is 18.6 Å². The average molecular weight is 436 g/mol. The van der Waals surface area contributed by atoms with Crippen LogP contribution in [-0.4, -0.2) is 41.7 Å². The van der Waals surface area contributed by atoms with Gasteiger partial charge in [-0.15, -0.1) is 0 Å². The Morgan fingerprint density at radius 2 is 1.93 bits per heavy atom. The van der Waals surface area contributed by atoms with Gasteiger partial charge in [0.2, 0.25) is 5.91 Å². The molecule has 0 saturated carbocycles. The Morgan fingerprint density at radius 1 is 1.27 bits per heavy atom. The number of nitro benzene ring substituents is 1. The molecule has 2 N–H and O–H groups in total. The molecule has 0 heterocycles. The zero-order valence-electron chi connectivity index (χ0n) is 17.7. The predicted octanol–water partition coefficient (Wildman–Crippen LogP) is 3.33. The fraction of sp³-hybridized carbons (Fsp3) is 0.429. The summed E-state index contributed by atoms with van der Waals surface area (Å²) in [4.78, 5) is 35.0. The fourth-order valence-electron chi connectivity index (χ4n) is 2.48. The quantitative estimate of drug-likeness (QED) is 0.170. The number of nitrogens with zero attached hydrogens (tertiary/aromatic N) is 1. The number of rotatable bonds is 12. The van der Waals surface area contributed by atoms with Crippen LogP contribution < -0.4 is 10.0 Å². The molecule has 1 amide bonds. The van der Waals surface area contributed by atoms with Gasteiger partial charge in [-0.05, 0) is 32.3 Å². The van der Waals surface area contributed by atoms with E-state index in [9.17, 15) is 19.7 Å². The number of carbonyl (C=O) groups is 2. The first-order chi connectivity index (χ1) is 14.3. The molecule has 0 saturated heterocycles. The molecule has 1 aromatic carbocycles. The van der Waals surface area contributed by atoms with Crippen LogP contribution in [0.2, 0.25) is 0 Å². The number of ether oxygens (including phenoxy) is 1. The summed E-state index contributed by atoms with van der Waals surface area (Å²) in [5.74, 6) is -0.173. The van der Waals surface area contributed by atoms with E-state index >= 15 is 0 Å². The molecule has 0 radical (unpaired) electrons. The predicted molar refractivity (Wildman–Crippen MR) is 119 cm³/mol. The number of nitrogens with one attached hydrogen (secondary N) is 2. The van der Waals surface area contributed by atoms with E-state index < -0.39 is 23.0 Å². The highest BCUT2D eigenvalue weighted by Gasteiger charge is 2.25. The molecule has 0 fully saturated rings. The molecule has 164 valence electrons. The van der Waals surface area contributed by atoms with Gasteiger partial charge in [-0.1, -0.05) is 54.8 Å². The molecule has 30 heavy (non-hydrogen) atoms. The second-order valence-electron chi connectivity index (χ2n) is 6.62. The SMILES string of the molecule is C/C=C\C=C(/C)CSNC(Cc1ccc([N+](=O)[O-])cc1)C(=O)NC(CC)C(=O)OC. The molecule has 9 heteroatoms. The minimum Gasteiger partial charge on any atom is -0.467 e. The maximum absolute atomic E-state index is 12.8. The topological polar surface area (TPSA) is 111 Å². The molecule has 8 nitrogen and oxygen atoms in total. The van der Waals surface area contributed by atoms with Gasteiger partial charge in [0.15, 0.2) is 0 Å². The summed E-state index contributed by atoms with van der Waals surface area (Å²) in [7, 11) is 1.28. The number of carbonyl (C=O) groups excluding carboxylic acids is 2. The van der Waals surface area contributed by atoms with Gasteiger partial charge in [-0.2, -0.15) is 0 Å². The van der Waals surface area contributed by atoms with E-state index in [0.717, 1.165) is 11.1 Å². The lowest BCUT2D eigenvalue weighted by molar-refractivity contribution is -0.384. The zero-order chi connectivity index (χ0) is 22.5. The number of benzene rings is 1. The van der Waals surface area contributed by atoms with Gasteiger partial charge in [0.1, 0.15) is 6.04 Å². The first-order valence-electron chi connectivity index (χ1n) is 9.59. The van der Waals surface area contributed by atoms with Crippen molar-refractivity contribution in [2.45, 2.75) is 45.7 Å². The summed E-state index contributed by atoms with van der Waals surface area (Å²) in [6.07, 6.45) is 6.58. The van der Waals surface area contributed by atoms with Crippen LogP contribution in [0.15, 0.2) is 48.1 Å². The molecular formula is C21H29N3O5S. The zero-order valence-corrected chi connectivity index (χ0v) is 18.5. The van der Waals surface area contributed by atoms with Gasteiger partial charge >= 0.3 is 5.97 Å². The minimum atomic E-state index is -0.731. The van der Waals surface area contributed by atoms with Gasteiger partial charge in [0, 0.05) is 17.9 Å². The molecule has 0 spiro atoms. The van der Waals surface area contributed by atoms with Crippen LogP contribution >= 0.6 is 11.9 Å². The number of hydrogen-bond donors (Lipinski definition) is 2. The van der Waals surface area contributed by atoms with Crippen molar-refractivity contribution >= 4 is 29.5 Å². The Kier molecular flexibility index (Phi) is 11.5. The number of nitro groups is 1. The van der Waals surface area contributed by atoms with E-state index in [1.54, 1.807) is 19.1 Å². The maximum Gasteiger partial charge on any atom is 0.328 e. The molecular weight excluding hydrogens is 406 g/mol. The summed E-state index contributed by atoms with van der Waals surface area (Å²) in [6, 6.07) is 4.70. The summed E-state index contributed by atoms with van der Waals surface area (Å²) < 4.78 is 7.88. The monoisotopic (exact) mass is 435 g/mol. The molecule has 0 aliphatic carbocycles. The second-order valence-corrected chi connectivity index (χ2v) is 7.43. The number of methoxy groups -OCH3 is 1. The van der Waals surface area contributed by atoms with Crippen LogP contribution in [0.4, 0.5) is 5.69 Å². The van der Waals surface area contributed by atoms with E-state index in [2.05, 4.69) is 10.0 Å². The maximum atomic E-state index is 12.8. The first-order valence-corrected chi connectivity index (χ1v) is 10.6. The summed E-state index contributed by atoms with van der Waals surface area (Å²) in [5, 5.41) is 13.6. The average Bonchev–Trinajstić information content (AvgIpc) is 2.74. The Morgan fingerprint density at radius 3 is 2.47 bits per heavy atom. The molecule has 0 bridgehead atoms. The molecule has 0 aromatic heterocycles. The minimum absolute atomic E-state index is 0.0106. The summed E-state index contributed by atoms with van der Waals surface area (Å²) in [6.45, 7) is 5.71. The number of non-ortho nitro benzene ring substituents is 1. The number of allylic oxidation sites excluding steroid dienone is 3. The van der Waals surface area contributed by atoms with Gasteiger partial charge < -0.3 is 10.1 Å². The third kappa shape index (κ3) is 8.79. The molecule has 2 atom stereocenters. The number of hydrogen-bond acceptors (Lipinski definition) is 7.